The van der Waals surface area contributed by atoms with E-state index in [-0.39, 0.29) is 5.41 Å². The summed E-state index contributed by atoms with van der Waals surface area (Å²) in [5, 5.41) is 0. The summed E-state index contributed by atoms with van der Waals surface area (Å²) in [6, 6.07) is 0. The van der Waals surface area contributed by atoms with Gasteiger partial charge < -0.3 is 14.4 Å². The van der Waals surface area contributed by atoms with Gasteiger partial charge in [0.1, 0.15) is 6.29 Å². The van der Waals surface area contributed by atoms with E-state index in [1.807, 2.05) is 0 Å². The Morgan fingerprint density at radius 1 is 1.41 bits per heavy atom. The number of hydrogen-bond donors (Lipinski definition) is 0. The Hall–Kier alpha value is -0.410. The molecule has 0 saturated heterocycles. The van der Waals surface area contributed by atoms with Gasteiger partial charge in [-0.1, -0.05) is 13.8 Å². The molecule has 3 heteroatoms. The number of ether oxygens (including phenoxy) is 1. The third kappa shape index (κ3) is 4.40. The van der Waals surface area contributed by atoms with Crippen molar-refractivity contribution in [3.05, 3.63) is 0 Å². The molecule has 0 amide bonds. The molecule has 1 aliphatic rings. The summed E-state index contributed by atoms with van der Waals surface area (Å²) < 4.78 is 5.12. The second kappa shape index (κ2) is 7.12. The highest BCUT2D eigenvalue weighted by Gasteiger charge is 2.35. The normalized spacial score (nSPS) is 29.5. The minimum absolute atomic E-state index is 0.0870. The Balaban J connectivity index is 2.51. The molecule has 0 aliphatic heterocycles. The summed E-state index contributed by atoms with van der Waals surface area (Å²) in [7, 11) is 1.73. The molecule has 0 unspecified atom stereocenters. The van der Waals surface area contributed by atoms with Crippen LogP contribution in [-0.2, 0) is 9.53 Å². The van der Waals surface area contributed by atoms with Gasteiger partial charge >= 0.3 is 0 Å². The first-order valence-corrected chi connectivity index (χ1v) is 6.83. The number of carbonyl (C=O) groups excluding carboxylic acids is 1. The zero-order valence-electron chi connectivity index (χ0n) is 11.6. The SMILES string of the molecule is CCN(CCOC)CC1(C=O)CCC(C)CC1. The highest BCUT2D eigenvalue weighted by Crippen LogP contribution is 2.37. The molecule has 1 fully saturated rings. The first-order valence-electron chi connectivity index (χ1n) is 6.83. The number of likely N-dealkylation sites (N-methyl/N-ethyl adjacent to an activating group) is 1. The van der Waals surface area contributed by atoms with Crippen LogP contribution >= 0.6 is 0 Å². The predicted octanol–water partition coefficient (Wildman–Crippen LogP) is 2.35. The maximum absolute atomic E-state index is 11.5. The number of hydrogen-bond acceptors (Lipinski definition) is 3. The van der Waals surface area contributed by atoms with Crippen LogP contribution in [0.25, 0.3) is 0 Å². The number of nitrogens with zero attached hydrogens (tertiary/aromatic N) is 1. The van der Waals surface area contributed by atoms with Crippen LogP contribution in [0.5, 0.6) is 0 Å². The van der Waals surface area contributed by atoms with E-state index in [0.717, 1.165) is 45.0 Å². The molecule has 1 aliphatic carbocycles. The Morgan fingerprint density at radius 3 is 2.53 bits per heavy atom. The fourth-order valence-corrected chi connectivity index (χ4v) is 2.66. The Kier molecular flexibility index (Phi) is 6.14. The zero-order valence-corrected chi connectivity index (χ0v) is 11.6. The van der Waals surface area contributed by atoms with Gasteiger partial charge in [0.05, 0.1) is 6.61 Å². The van der Waals surface area contributed by atoms with Crippen molar-refractivity contribution in [2.75, 3.05) is 33.4 Å². The van der Waals surface area contributed by atoms with Crippen molar-refractivity contribution in [3.8, 4) is 0 Å². The standard InChI is InChI=1S/C14H27NO2/c1-4-15(9-10-17-3)11-14(12-16)7-5-13(2)6-8-14/h12-13H,4-11H2,1-3H3. The van der Waals surface area contributed by atoms with Gasteiger partial charge in [-0.15, -0.1) is 0 Å². The van der Waals surface area contributed by atoms with Crippen molar-refractivity contribution >= 4 is 6.29 Å². The molecule has 0 spiro atoms. The lowest BCUT2D eigenvalue weighted by Gasteiger charge is -2.38. The van der Waals surface area contributed by atoms with Gasteiger partial charge in [-0.25, -0.2) is 0 Å². The Labute approximate surface area is 106 Å². The second-order valence-corrected chi connectivity index (χ2v) is 5.52. The lowest BCUT2D eigenvalue weighted by atomic mass is 9.71. The third-order valence-electron chi connectivity index (χ3n) is 4.12. The molecule has 1 rings (SSSR count). The van der Waals surface area contributed by atoms with Crippen LogP contribution in [0, 0.1) is 11.3 Å². The van der Waals surface area contributed by atoms with Gasteiger partial charge in [0.25, 0.3) is 0 Å². The molecule has 0 bridgehead atoms. The van der Waals surface area contributed by atoms with Crippen LogP contribution in [0.1, 0.15) is 39.5 Å². The summed E-state index contributed by atoms with van der Waals surface area (Å²) in [5.74, 6) is 0.789. The predicted molar refractivity (Wildman–Crippen MR) is 70.1 cm³/mol. The van der Waals surface area contributed by atoms with Crippen molar-refractivity contribution in [2.45, 2.75) is 39.5 Å². The van der Waals surface area contributed by atoms with Crippen molar-refractivity contribution in [3.63, 3.8) is 0 Å². The van der Waals surface area contributed by atoms with Crippen LogP contribution in [0.4, 0.5) is 0 Å². The topological polar surface area (TPSA) is 29.5 Å². The van der Waals surface area contributed by atoms with E-state index in [1.165, 1.54) is 19.1 Å². The van der Waals surface area contributed by atoms with Gasteiger partial charge in [-0.2, -0.15) is 0 Å². The van der Waals surface area contributed by atoms with Crippen LogP contribution in [0.2, 0.25) is 0 Å². The molecule has 0 heterocycles. The summed E-state index contributed by atoms with van der Waals surface area (Å²) in [4.78, 5) is 13.8. The van der Waals surface area contributed by atoms with Gasteiger partial charge in [0.15, 0.2) is 0 Å². The van der Waals surface area contributed by atoms with E-state index < -0.39 is 0 Å². The third-order valence-corrected chi connectivity index (χ3v) is 4.12. The smallest absolute Gasteiger partial charge is 0.127 e. The number of rotatable bonds is 7. The molecule has 17 heavy (non-hydrogen) atoms. The first-order chi connectivity index (χ1) is 8.15. The Bertz CT molecular complexity index is 222. The van der Waals surface area contributed by atoms with Gasteiger partial charge in [-0.05, 0) is 38.1 Å². The Morgan fingerprint density at radius 2 is 2.06 bits per heavy atom. The fourth-order valence-electron chi connectivity index (χ4n) is 2.66. The first kappa shape index (κ1) is 14.7. The molecular weight excluding hydrogens is 214 g/mol. The van der Waals surface area contributed by atoms with E-state index in [2.05, 4.69) is 18.7 Å². The maximum atomic E-state index is 11.5. The van der Waals surface area contributed by atoms with E-state index in [1.54, 1.807) is 7.11 Å². The van der Waals surface area contributed by atoms with Crippen LogP contribution in [0.3, 0.4) is 0 Å². The highest BCUT2D eigenvalue weighted by molar-refractivity contribution is 5.60. The fraction of sp³-hybridized carbons (Fsp3) is 0.929. The molecular formula is C14H27NO2. The molecule has 1 saturated carbocycles. The summed E-state index contributed by atoms with van der Waals surface area (Å²) in [6.45, 7) is 8.02. The van der Waals surface area contributed by atoms with E-state index in [0.29, 0.717) is 0 Å². The van der Waals surface area contributed by atoms with Gasteiger partial charge in [0, 0.05) is 25.6 Å². The lowest BCUT2D eigenvalue weighted by Crippen LogP contribution is -2.42. The quantitative estimate of drug-likeness (QED) is 0.641. The largest absolute Gasteiger partial charge is 0.383 e. The molecule has 0 aromatic carbocycles. The molecule has 0 aromatic rings. The minimum Gasteiger partial charge on any atom is -0.383 e. The zero-order chi connectivity index (χ0) is 12.7. The molecule has 0 radical (unpaired) electrons. The van der Waals surface area contributed by atoms with E-state index >= 15 is 0 Å². The van der Waals surface area contributed by atoms with E-state index in [4.69, 9.17) is 4.74 Å². The maximum Gasteiger partial charge on any atom is 0.127 e. The van der Waals surface area contributed by atoms with Crippen molar-refractivity contribution in [1.29, 1.82) is 0 Å². The number of methoxy groups -OCH3 is 1. The number of aldehydes is 1. The number of carbonyl (C=O) groups is 1. The lowest BCUT2D eigenvalue weighted by molar-refractivity contribution is -0.119. The molecule has 0 aromatic heterocycles. The van der Waals surface area contributed by atoms with Crippen LogP contribution in [0.15, 0.2) is 0 Å². The molecule has 3 nitrogen and oxygen atoms in total. The molecule has 0 N–H and O–H groups in total. The summed E-state index contributed by atoms with van der Waals surface area (Å²) >= 11 is 0. The molecule has 0 atom stereocenters. The van der Waals surface area contributed by atoms with Crippen LogP contribution < -0.4 is 0 Å². The van der Waals surface area contributed by atoms with Crippen molar-refractivity contribution in [2.24, 2.45) is 11.3 Å². The average Bonchev–Trinajstić information content (AvgIpc) is 2.37. The van der Waals surface area contributed by atoms with E-state index in [9.17, 15) is 4.79 Å². The van der Waals surface area contributed by atoms with Gasteiger partial charge in [0.2, 0.25) is 0 Å². The summed E-state index contributed by atoms with van der Waals surface area (Å²) in [5.41, 5.74) is -0.0870. The average molecular weight is 241 g/mol. The van der Waals surface area contributed by atoms with Crippen LogP contribution in [-0.4, -0.2) is 44.5 Å². The van der Waals surface area contributed by atoms with Crippen molar-refractivity contribution in [1.82, 2.24) is 4.90 Å². The second-order valence-electron chi connectivity index (χ2n) is 5.52. The monoisotopic (exact) mass is 241 g/mol. The highest BCUT2D eigenvalue weighted by atomic mass is 16.5. The van der Waals surface area contributed by atoms with Crippen molar-refractivity contribution < 1.29 is 9.53 Å². The minimum atomic E-state index is -0.0870. The van der Waals surface area contributed by atoms with Gasteiger partial charge in [-0.3, -0.25) is 0 Å². The summed E-state index contributed by atoms with van der Waals surface area (Å²) in [6.07, 6.45) is 5.72. The molecule has 100 valence electrons.